The lowest BCUT2D eigenvalue weighted by Gasteiger charge is -2.06. The van der Waals surface area contributed by atoms with Crippen LogP contribution in [0.25, 0.3) is 0 Å². The van der Waals surface area contributed by atoms with Crippen LogP contribution in [0.1, 0.15) is 4.88 Å². The van der Waals surface area contributed by atoms with Gasteiger partial charge in [-0.05, 0) is 43.3 Å². The minimum atomic E-state index is -3.69. The monoisotopic (exact) mass is 328 g/mol. The lowest BCUT2D eigenvalue weighted by atomic mass is 10.3. The van der Waals surface area contributed by atoms with E-state index in [1.165, 1.54) is 30.3 Å². The topological polar surface area (TPSA) is 75.3 Å². The van der Waals surface area contributed by atoms with Gasteiger partial charge in [-0.2, -0.15) is 0 Å². The predicted molar refractivity (Wildman–Crippen MR) is 79.3 cm³/mol. The quantitative estimate of drug-likeness (QED) is 0.883. The Labute approximate surface area is 125 Å². The summed E-state index contributed by atoms with van der Waals surface area (Å²) >= 11 is 1.13. The first kappa shape index (κ1) is 15.6. The largest absolute Gasteiger partial charge is 0.325 e. The van der Waals surface area contributed by atoms with Crippen molar-refractivity contribution in [1.82, 2.24) is 4.72 Å². The highest BCUT2D eigenvalue weighted by atomic mass is 32.2. The zero-order valence-corrected chi connectivity index (χ0v) is 12.7. The van der Waals surface area contributed by atoms with Crippen LogP contribution in [0, 0.1) is 12.7 Å². The van der Waals surface area contributed by atoms with Gasteiger partial charge >= 0.3 is 0 Å². The second-order valence-corrected chi connectivity index (χ2v) is 7.53. The van der Waals surface area contributed by atoms with E-state index in [1.54, 1.807) is 13.0 Å². The number of benzene rings is 1. The third-order valence-electron chi connectivity index (χ3n) is 2.53. The number of amides is 1. The van der Waals surface area contributed by atoms with Gasteiger partial charge < -0.3 is 5.32 Å². The Hall–Kier alpha value is -1.77. The molecule has 0 atom stereocenters. The van der Waals surface area contributed by atoms with Crippen LogP contribution < -0.4 is 10.0 Å². The number of sulfonamides is 1. The van der Waals surface area contributed by atoms with Gasteiger partial charge in [0.15, 0.2) is 0 Å². The standard InChI is InChI=1S/C13H13FN2O3S2/c1-9-2-7-13(20-9)21(18,19)15-8-12(17)16-11-5-3-10(14)4-6-11/h2-7,15H,8H2,1H3,(H,16,17). The summed E-state index contributed by atoms with van der Waals surface area (Å²) in [6, 6.07) is 8.37. The molecule has 1 aromatic carbocycles. The SMILES string of the molecule is Cc1ccc(S(=O)(=O)NCC(=O)Nc2ccc(F)cc2)s1. The van der Waals surface area contributed by atoms with Gasteiger partial charge in [0.05, 0.1) is 6.54 Å². The van der Waals surface area contributed by atoms with Gasteiger partial charge in [0.1, 0.15) is 10.0 Å². The first-order valence-electron chi connectivity index (χ1n) is 5.98. The molecule has 1 amide bonds. The van der Waals surface area contributed by atoms with Crippen molar-refractivity contribution in [3.8, 4) is 0 Å². The van der Waals surface area contributed by atoms with Gasteiger partial charge in [0, 0.05) is 10.6 Å². The fraction of sp³-hybridized carbons (Fsp3) is 0.154. The molecule has 0 bridgehead atoms. The molecular weight excluding hydrogens is 315 g/mol. The number of halogens is 1. The molecule has 21 heavy (non-hydrogen) atoms. The van der Waals surface area contributed by atoms with Crippen molar-refractivity contribution in [1.29, 1.82) is 0 Å². The third kappa shape index (κ3) is 4.35. The summed E-state index contributed by atoms with van der Waals surface area (Å²) in [6.45, 7) is 1.40. The van der Waals surface area contributed by atoms with E-state index >= 15 is 0 Å². The molecule has 2 aromatic rings. The number of thiophene rings is 1. The minimum absolute atomic E-state index is 0.162. The Morgan fingerprint density at radius 3 is 2.43 bits per heavy atom. The van der Waals surface area contributed by atoms with E-state index < -0.39 is 28.3 Å². The summed E-state index contributed by atoms with van der Waals surface area (Å²) in [4.78, 5) is 12.5. The highest BCUT2D eigenvalue weighted by Gasteiger charge is 2.17. The molecule has 0 spiro atoms. The summed E-state index contributed by atoms with van der Waals surface area (Å²) in [5, 5.41) is 2.47. The molecule has 0 radical (unpaired) electrons. The Morgan fingerprint density at radius 1 is 1.19 bits per heavy atom. The number of nitrogens with one attached hydrogen (secondary N) is 2. The molecule has 0 saturated carbocycles. The van der Waals surface area contributed by atoms with Crippen molar-refractivity contribution in [3.05, 3.63) is 47.1 Å². The maximum Gasteiger partial charge on any atom is 0.250 e. The zero-order chi connectivity index (χ0) is 15.5. The van der Waals surface area contributed by atoms with Crippen molar-refractivity contribution in [3.63, 3.8) is 0 Å². The predicted octanol–water partition coefficient (Wildman–Crippen LogP) is 2.11. The van der Waals surface area contributed by atoms with Gasteiger partial charge in [0.2, 0.25) is 5.91 Å². The van der Waals surface area contributed by atoms with Crippen LogP contribution in [0.2, 0.25) is 0 Å². The smallest absolute Gasteiger partial charge is 0.250 e. The highest BCUT2D eigenvalue weighted by Crippen LogP contribution is 2.20. The fourth-order valence-corrected chi connectivity index (χ4v) is 3.84. The number of aryl methyl sites for hydroxylation is 1. The van der Waals surface area contributed by atoms with E-state index in [1.807, 2.05) is 0 Å². The third-order valence-corrected chi connectivity index (χ3v) is 5.43. The molecule has 0 unspecified atom stereocenters. The van der Waals surface area contributed by atoms with Crippen molar-refractivity contribution >= 4 is 33.0 Å². The van der Waals surface area contributed by atoms with Crippen LogP contribution in [0.15, 0.2) is 40.6 Å². The van der Waals surface area contributed by atoms with Gasteiger partial charge in [-0.1, -0.05) is 0 Å². The molecule has 0 aliphatic carbocycles. The summed E-state index contributed by atoms with van der Waals surface area (Å²) in [7, 11) is -3.69. The molecule has 0 fully saturated rings. The maximum atomic E-state index is 12.7. The zero-order valence-electron chi connectivity index (χ0n) is 11.1. The van der Waals surface area contributed by atoms with Crippen LogP contribution in [-0.2, 0) is 14.8 Å². The second-order valence-electron chi connectivity index (χ2n) is 4.24. The van der Waals surface area contributed by atoms with Crippen LogP contribution in [0.3, 0.4) is 0 Å². The lowest BCUT2D eigenvalue weighted by molar-refractivity contribution is -0.115. The summed E-state index contributed by atoms with van der Waals surface area (Å²) in [6.07, 6.45) is 0. The van der Waals surface area contributed by atoms with E-state index in [4.69, 9.17) is 0 Å². The number of rotatable bonds is 5. The van der Waals surface area contributed by atoms with Crippen molar-refractivity contribution in [2.75, 3.05) is 11.9 Å². The van der Waals surface area contributed by atoms with E-state index in [0.717, 1.165) is 16.2 Å². The lowest BCUT2D eigenvalue weighted by Crippen LogP contribution is -2.32. The van der Waals surface area contributed by atoms with Crippen molar-refractivity contribution < 1.29 is 17.6 Å². The van der Waals surface area contributed by atoms with E-state index in [-0.39, 0.29) is 4.21 Å². The van der Waals surface area contributed by atoms with Crippen molar-refractivity contribution in [2.45, 2.75) is 11.1 Å². The summed E-state index contributed by atoms with van der Waals surface area (Å²) < 4.78 is 38.9. The minimum Gasteiger partial charge on any atom is -0.325 e. The Bertz CT molecular complexity index is 739. The van der Waals surface area contributed by atoms with E-state index in [0.29, 0.717) is 5.69 Å². The number of hydrogen-bond acceptors (Lipinski definition) is 4. The molecule has 2 N–H and O–H groups in total. The average Bonchev–Trinajstić information content (AvgIpc) is 2.87. The number of hydrogen-bond donors (Lipinski definition) is 2. The van der Waals surface area contributed by atoms with Gasteiger partial charge in [-0.3, -0.25) is 4.79 Å². The number of carbonyl (C=O) groups excluding carboxylic acids is 1. The first-order valence-corrected chi connectivity index (χ1v) is 8.28. The van der Waals surface area contributed by atoms with Crippen molar-refractivity contribution in [2.24, 2.45) is 0 Å². The summed E-state index contributed by atoms with van der Waals surface area (Å²) in [5.41, 5.74) is 0.396. The Morgan fingerprint density at radius 2 is 1.86 bits per heavy atom. The van der Waals surface area contributed by atoms with Gasteiger partial charge in [-0.25, -0.2) is 17.5 Å². The number of anilines is 1. The first-order chi connectivity index (χ1) is 9.87. The normalized spacial score (nSPS) is 11.3. The van der Waals surface area contributed by atoms with E-state index in [2.05, 4.69) is 10.0 Å². The molecule has 5 nitrogen and oxygen atoms in total. The molecule has 0 aliphatic heterocycles. The fourth-order valence-electron chi connectivity index (χ4n) is 1.53. The molecule has 0 saturated heterocycles. The Kier molecular flexibility index (Phi) is 4.71. The molecule has 112 valence electrons. The van der Waals surface area contributed by atoms with Crippen LogP contribution in [0.5, 0.6) is 0 Å². The molecular formula is C13H13FN2O3S2. The molecule has 2 rings (SSSR count). The van der Waals surface area contributed by atoms with Gasteiger partial charge in [-0.15, -0.1) is 11.3 Å². The Balaban J connectivity index is 1.93. The second kappa shape index (κ2) is 6.33. The van der Waals surface area contributed by atoms with E-state index in [9.17, 15) is 17.6 Å². The summed E-state index contributed by atoms with van der Waals surface area (Å²) in [5.74, 6) is -0.944. The van der Waals surface area contributed by atoms with Crippen LogP contribution in [0.4, 0.5) is 10.1 Å². The maximum absolute atomic E-state index is 12.7. The molecule has 0 aliphatic rings. The number of carbonyl (C=O) groups is 1. The molecule has 8 heteroatoms. The molecule has 1 heterocycles. The molecule has 1 aromatic heterocycles. The van der Waals surface area contributed by atoms with Crippen LogP contribution in [-0.4, -0.2) is 20.9 Å². The van der Waals surface area contributed by atoms with Gasteiger partial charge in [0.25, 0.3) is 10.0 Å². The van der Waals surface area contributed by atoms with Crippen LogP contribution >= 0.6 is 11.3 Å². The highest BCUT2D eigenvalue weighted by molar-refractivity contribution is 7.91. The average molecular weight is 328 g/mol.